The van der Waals surface area contributed by atoms with Gasteiger partial charge >= 0.3 is 0 Å². The van der Waals surface area contributed by atoms with Gasteiger partial charge in [-0.15, -0.1) is 6.42 Å². The number of hydrogen-bond donors (Lipinski definition) is 0. The molecule has 22 heavy (non-hydrogen) atoms. The molecule has 0 N–H and O–H groups in total. The molecule has 0 spiro atoms. The average Bonchev–Trinajstić information content (AvgIpc) is 2.71. The second kappa shape index (κ2) is 6.50. The molecule has 0 bridgehead atoms. The van der Waals surface area contributed by atoms with Crippen LogP contribution in [-0.4, -0.2) is 23.2 Å². The van der Waals surface area contributed by atoms with E-state index in [1.807, 2.05) is 54.6 Å². The van der Waals surface area contributed by atoms with E-state index in [-0.39, 0.29) is 5.91 Å². The maximum absolute atomic E-state index is 12.9. The third-order valence-electron chi connectivity index (χ3n) is 3.31. The molecule has 1 heterocycles. The average molecular weight is 306 g/mol. The van der Waals surface area contributed by atoms with Gasteiger partial charge < -0.3 is 4.90 Å². The van der Waals surface area contributed by atoms with Crippen LogP contribution < -0.4 is 4.90 Å². The summed E-state index contributed by atoms with van der Waals surface area (Å²) < 4.78 is 0. The predicted molar refractivity (Wildman–Crippen MR) is 92.9 cm³/mol. The van der Waals surface area contributed by atoms with Crippen molar-refractivity contribution in [3.63, 3.8) is 0 Å². The number of para-hydroxylation sites is 2. The summed E-state index contributed by atoms with van der Waals surface area (Å²) in [6.45, 7) is 0.434. The molecule has 3 nitrogen and oxygen atoms in total. The first-order valence-corrected chi connectivity index (χ1v) is 7.88. The summed E-state index contributed by atoms with van der Waals surface area (Å²) >= 11 is 1.49. The summed E-state index contributed by atoms with van der Waals surface area (Å²) in [7, 11) is 0. The summed E-state index contributed by atoms with van der Waals surface area (Å²) in [4.78, 5) is 19.2. The lowest BCUT2D eigenvalue weighted by molar-refractivity contribution is 0.0992. The molecule has 0 saturated carbocycles. The number of carbonyl (C=O) groups is 1. The van der Waals surface area contributed by atoms with Crippen molar-refractivity contribution >= 4 is 34.1 Å². The van der Waals surface area contributed by atoms with Crippen LogP contribution in [0, 0.1) is 12.3 Å². The molecular formula is C18H14N2OS. The summed E-state index contributed by atoms with van der Waals surface area (Å²) in [6.07, 6.45) is 5.35. The van der Waals surface area contributed by atoms with Crippen molar-refractivity contribution in [2.24, 2.45) is 4.99 Å². The number of terminal acetylenes is 1. The Kier molecular flexibility index (Phi) is 4.27. The van der Waals surface area contributed by atoms with Crippen molar-refractivity contribution < 1.29 is 4.79 Å². The molecule has 0 unspecified atom stereocenters. The van der Waals surface area contributed by atoms with Crippen molar-refractivity contribution in [2.45, 2.75) is 0 Å². The lowest BCUT2D eigenvalue weighted by Gasteiger charge is -2.21. The molecule has 0 radical (unpaired) electrons. The minimum absolute atomic E-state index is 0.0399. The third-order valence-corrected chi connectivity index (χ3v) is 4.17. The molecule has 1 aliphatic heterocycles. The molecule has 3 rings (SSSR count). The van der Waals surface area contributed by atoms with Gasteiger partial charge in [-0.2, -0.15) is 0 Å². The van der Waals surface area contributed by atoms with E-state index in [2.05, 4.69) is 10.9 Å². The first kappa shape index (κ1) is 14.4. The minimum Gasteiger partial charge on any atom is -0.302 e. The van der Waals surface area contributed by atoms with E-state index in [0.717, 1.165) is 10.7 Å². The van der Waals surface area contributed by atoms with Crippen LogP contribution in [0.4, 0.5) is 11.4 Å². The van der Waals surface area contributed by atoms with Gasteiger partial charge in [-0.05, 0) is 24.3 Å². The number of hydrogen-bond acceptors (Lipinski definition) is 3. The largest absolute Gasteiger partial charge is 0.302 e. The van der Waals surface area contributed by atoms with Gasteiger partial charge in [0.25, 0.3) is 5.91 Å². The Morgan fingerprint density at radius 3 is 2.64 bits per heavy atom. The zero-order valence-corrected chi connectivity index (χ0v) is 12.7. The Balaban J connectivity index is 2.05. The van der Waals surface area contributed by atoms with E-state index in [1.54, 1.807) is 4.90 Å². The predicted octanol–water partition coefficient (Wildman–Crippen LogP) is 3.74. The molecule has 0 aliphatic carbocycles. The van der Waals surface area contributed by atoms with Crippen LogP contribution in [0.5, 0.6) is 0 Å². The lowest BCUT2D eigenvalue weighted by Crippen LogP contribution is -2.33. The van der Waals surface area contributed by atoms with E-state index in [9.17, 15) is 4.79 Å². The molecule has 1 aliphatic rings. The van der Waals surface area contributed by atoms with Gasteiger partial charge in [-0.3, -0.25) is 4.79 Å². The van der Waals surface area contributed by atoms with Crippen LogP contribution in [0.15, 0.2) is 59.6 Å². The van der Waals surface area contributed by atoms with Gasteiger partial charge in [0.1, 0.15) is 0 Å². The molecule has 0 saturated heterocycles. The highest BCUT2D eigenvalue weighted by Gasteiger charge is 2.25. The topological polar surface area (TPSA) is 32.7 Å². The molecule has 2 aromatic carbocycles. The zero-order valence-electron chi connectivity index (χ0n) is 11.9. The molecule has 1 amide bonds. The second-order valence-electron chi connectivity index (χ2n) is 4.74. The van der Waals surface area contributed by atoms with Crippen LogP contribution in [0.3, 0.4) is 0 Å². The Morgan fingerprint density at radius 2 is 1.86 bits per heavy atom. The number of carbonyl (C=O) groups excluding carboxylic acids is 1. The van der Waals surface area contributed by atoms with Crippen molar-refractivity contribution in [3.05, 3.63) is 60.2 Å². The van der Waals surface area contributed by atoms with E-state index in [0.29, 0.717) is 23.5 Å². The molecule has 108 valence electrons. The maximum Gasteiger partial charge on any atom is 0.260 e. The highest BCUT2D eigenvalue weighted by atomic mass is 32.2. The highest BCUT2D eigenvalue weighted by molar-refractivity contribution is 8.14. The van der Waals surface area contributed by atoms with Crippen molar-refractivity contribution in [3.8, 4) is 12.3 Å². The monoisotopic (exact) mass is 306 g/mol. The van der Waals surface area contributed by atoms with Crippen LogP contribution in [0.1, 0.15) is 10.4 Å². The van der Waals surface area contributed by atoms with Gasteiger partial charge in [0, 0.05) is 5.69 Å². The number of amides is 1. The molecule has 0 aromatic heterocycles. The quantitative estimate of drug-likeness (QED) is 0.792. The summed E-state index contributed by atoms with van der Waals surface area (Å²) in [6, 6.07) is 17.0. The van der Waals surface area contributed by atoms with Gasteiger partial charge in [0.05, 0.1) is 28.6 Å². The molecule has 0 fully saturated rings. The lowest BCUT2D eigenvalue weighted by atomic mass is 10.1. The van der Waals surface area contributed by atoms with Crippen LogP contribution in [0.25, 0.3) is 0 Å². The second-order valence-corrected chi connectivity index (χ2v) is 5.79. The molecule has 2 aromatic rings. The number of fused-ring (bicyclic) bond motifs is 1. The minimum atomic E-state index is -0.0399. The fourth-order valence-corrected chi connectivity index (χ4v) is 2.93. The number of anilines is 1. The number of aliphatic imine (C=N–C) groups is 1. The normalized spacial score (nSPS) is 13.9. The first-order valence-electron chi connectivity index (χ1n) is 6.89. The van der Waals surface area contributed by atoms with E-state index >= 15 is 0 Å². The van der Waals surface area contributed by atoms with E-state index < -0.39 is 0 Å². The Morgan fingerprint density at radius 1 is 1.14 bits per heavy atom. The van der Waals surface area contributed by atoms with E-state index in [4.69, 9.17) is 6.42 Å². The smallest absolute Gasteiger partial charge is 0.260 e. The van der Waals surface area contributed by atoms with Crippen molar-refractivity contribution in [1.82, 2.24) is 0 Å². The highest BCUT2D eigenvalue weighted by Crippen LogP contribution is 2.28. The van der Waals surface area contributed by atoms with Crippen molar-refractivity contribution in [2.75, 3.05) is 17.2 Å². The summed E-state index contributed by atoms with van der Waals surface area (Å²) in [5.41, 5.74) is 2.17. The van der Waals surface area contributed by atoms with Gasteiger partial charge in [-0.25, -0.2) is 4.99 Å². The number of benzene rings is 2. The summed E-state index contributed by atoms with van der Waals surface area (Å²) in [5, 5.41) is 0.847. The number of nitrogens with zero attached hydrogens (tertiary/aromatic N) is 2. The van der Waals surface area contributed by atoms with Gasteiger partial charge in [-0.1, -0.05) is 48.0 Å². The Labute approximate surface area is 134 Å². The first-order chi connectivity index (χ1) is 10.8. The van der Waals surface area contributed by atoms with Crippen molar-refractivity contribution in [1.29, 1.82) is 0 Å². The Hall–Kier alpha value is -2.51. The third kappa shape index (κ3) is 2.90. The Bertz CT molecular complexity index is 762. The van der Waals surface area contributed by atoms with Gasteiger partial charge in [0.15, 0.2) is 0 Å². The number of thioether (sulfide) groups is 1. The molecule has 4 heteroatoms. The standard InChI is InChI=1S/C18H14N2OS/c1-2-12-22-17-13-20(14-8-4-3-5-9-14)18(21)15-10-6-7-11-16(15)19-17/h1,3-11H,12-13H2. The SMILES string of the molecule is C#CCSC1=Nc2ccccc2C(=O)N(c2ccccc2)C1. The molecular weight excluding hydrogens is 292 g/mol. The molecule has 0 atom stereocenters. The van der Waals surface area contributed by atoms with E-state index in [1.165, 1.54) is 11.8 Å². The fourth-order valence-electron chi connectivity index (χ4n) is 2.29. The van der Waals surface area contributed by atoms with Gasteiger partial charge in [0.2, 0.25) is 0 Å². The zero-order chi connectivity index (χ0) is 15.4. The fraction of sp³-hybridized carbons (Fsp3) is 0.111. The summed E-state index contributed by atoms with van der Waals surface area (Å²) in [5.74, 6) is 3.10. The maximum atomic E-state index is 12.9. The van der Waals surface area contributed by atoms with Crippen LogP contribution in [-0.2, 0) is 0 Å². The number of rotatable bonds is 2. The van der Waals surface area contributed by atoms with Crippen LogP contribution >= 0.6 is 11.8 Å². The van der Waals surface area contributed by atoms with Crippen LogP contribution in [0.2, 0.25) is 0 Å².